The molecule has 110 valence electrons. The monoisotopic (exact) mass is 277 g/mol. The van der Waals surface area contributed by atoms with Gasteiger partial charge >= 0.3 is 6.09 Å². The van der Waals surface area contributed by atoms with Gasteiger partial charge in [-0.15, -0.1) is 0 Å². The lowest BCUT2D eigenvalue weighted by Crippen LogP contribution is -2.37. The molecule has 0 aromatic heterocycles. The van der Waals surface area contributed by atoms with E-state index in [0.29, 0.717) is 12.8 Å². The number of unbranched alkanes of at least 4 members (excludes halogenated alkanes) is 3. The molecular weight excluding hydrogens is 254 g/mol. The molecule has 0 aliphatic heterocycles. The van der Waals surface area contributed by atoms with Crippen molar-refractivity contribution in [1.82, 2.24) is 4.90 Å². The third-order valence-corrected chi connectivity index (χ3v) is 3.24. The van der Waals surface area contributed by atoms with E-state index in [1.807, 2.05) is 30.3 Å². The van der Waals surface area contributed by atoms with Gasteiger partial charge in [-0.3, -0.25) is 4.79 Å². The summed E-state index contributed by atoms with van der Waals surface area (Å²) in [5.74, 6) is -0.287. The fourth-order valence-corrected chi connectivity index (χ4v) is 2.05. The summed E-state index contributed by atoms with van der Waals surface area (Å²) in [5.41, 5.74) is 1.04. The van der Waals surface area contributed by atoms with Crippen LogP contribution < -0.4 is 0 Å². The Morgan fingerprint density at radius 2 is 1.80 bits per heavy atom. The van der Waals surface area contributed by atoms with Crippen molar-refractivity contribution in [1.29, 1.82) is 0 Å². The number of carboxylic acid groups (broad SMARTS) is 1. The molecular formula is C16H23NO3. The molecule has 0 saturated heterocycles. The van der Waals surface area contributed by atoms with E-state index >= 15 is 0 Å². The summed E-state index contributed by atoms with van der Waals surface area (Å²) >= 11 is 0. The molecule has 2 amide bonds. The van der Waals surface area contributed by atoms with Crippen LogP contribution in [0.1, 0.15) is 44.6 Å². The van der Waals surface area contributed by atoms with Gasteiger partial charge in [0.15, 0.2) is 0 Å². The zero-order valence-electron chi connectivity index (χ0n) is 12.0. The lowest BCUT2D eigenvalue weighted by molar-refractivity contribution is -0.129. The molecule has 4 nitrogen and oxygen atoms in total. The Bertz CT molecular complexity index is 417. The van der Waals surface area contributed by atoms with Gasteiger partial charge in [-0.25, -0.2) is 9.69 Å². The molecule has 0 aliphatic carbocycles. The topological polar surface area (TPSA) is 57.6 Å². The van der Waals surface area contributed by atoms with Gasteiger partial charge < -0.3 is 5.11 Å². The predicted octanol–water partition coefficient (Wildman–Crippen LogP) is 3.71. The van der Waals surface area contributed by atoms with E-state index in [1.54, 1.807) is 0 Å². The number of carbonyl (C=O) groups excluding carboxylic acids is 1. The van der Waals surface area contributed by atoms with Crippen LogP contribution in [0.15, 0.2) is 30.3 Å². The van der Waals surface area contributed by atoms with Crippen molar-refractivity contribution >= 4 is 12.0 Å². The normalized spacial score (nSPS) is 10.2. The minimum Gasteiger partial charge on any atom is -0.465 e. The molecule has 4 heteroatoms. The Morgan fingerprint density at radius 1 is 1.10 bits per heavy atom. The van der Waals surface area contributed by atoms with Crippen molar-refractivity contribution in [2.45, 2.75) is 45.4 Å². The summed E-state index contributed by atoms with van der Waals surface area (Å²) in [7, 11) is 0. The second kappa shape index (κ2) is 9.13. The van der Waals surface area contributed by atoms with Crippen LogP contribution in [0, 0.1) is 0 Å². The quantitative estimate of drug-likeness (QED) is 0.737. The predicted molar refractivity (Wildman–Crippen MR) is 78.6 cm³/mol. The molecule has 0 atom stereocenters. The van der Waals surface area contributed by atoms with E-state index in [1.165, 1.54) is 0 Å². The van der Waals surface area contributed by atoms with Gasteiger partial charge in [-0.05, 0) is 18.4 Å². The number of hydrogen-bond acceptors (Lipinski definition) is 2. The summed E-state index contributed by atoms with van der Waals surface area (Å²) in [6, 6.07) is 9.61. The summed E-state index contributed by atoms with van der Waals surface area (Å²) in [6.45, 7) is 2.33. The standard InChI is InChI=1S/C16H23NO3/c1-2-3-4-8-11-15(18)17(16(19)20)13-12-14-9-6-5-7-10-14/h5-7,9-10H,2-4,8,11-13H2,1H3,(H,19,20). The third-order valence-electron chi connectivity index (χ3n) is 3.24. The average Bonchev–Trinajstić information content (AvgIpc) is 2.44. The van der Waals surface area contributed by atoms with E-state index in [4.69, 9.17) is 5.11 Å². The Hall–Kier alpha value is -1.84. The summed E-state index contributed by atoms with van der Waals surface area (Å²) in [4.78, 5) is 24.0. The maximum absolute atomic E-state index is 11.9. The summed E-state index contributed by atoms with van der Waals surface area (Å²) in [5, 5.41) is 9.13. The number of hydrogen-bond donors (Lipinski definition) is 1. The number of imide groups is 1. The molecule has 1 rings (SSSR count). The number of nitrogens with zero attached hydrogens (tertiary/aromatic N) is 1. The van der Waals surface area contributed by atoms with Crippen molar-refractivity contribution in [2.75, 3.05) is 6.54 Å². The largest absolute Gasteiger partial charge is 0.465 e. The van der Waals surface area contributed by atoms with Gasteiger partial charge in [0, 0.05) is 13.0 Å². The van der Waals surface area contributed by atoms with Crippen molar-refractivity contribution in [3.05, 3.63) is 35.9 Å². The first-order valence-electron chi connectivity index (χ1n) is 7.22. The van der Waals surface area contributed by atoms with Crippen LogP contribution in [0.5, 0.6) is 0 Å². The maximum Gasteiger partial charge on any atom is 0.414 e. The maximum atomic E-state index is 11.9. The van der Waals surface area contributed by atoms with Crippen molar-refractivity contribution in [3.8, 4) is 0 Å². The lowest BCUT2D eigenvalue weighted by atomic mass is 10.1. The van der Waals surface area contributed by atoms with E-state index < -0.39 is 6.09 Å². The van der Waals surface area contributed by atoms with Crippen LogP contribution in [0.2, 0.25) is 0 Å². The Labute approximate surface area is 120 Å². The Kier molecular flexibility index (Phi) is 7.40. The second-order valence-electron chi connectivity index (χ2n) is 4.87. The van der Waals surface area contributed by atoms with Crippen molar-refractivity contribution in [2.24, 2.45) is 0 Å². The summed E-state index contributed by atoms with van der Waals surface area (Å²) < 4.78 is 0. The van der Waals surface area contributed by atoms with Crippen LogP contribution in [0.25, 0.3) is 0 Å². The number of carbonyl (C=O) groups is 2. The van der Waals surface area contributed by atoms with Gasteiger partial charge in [0.25, 0.3) is 0 Å². The van der Waals surface area contributed by atoms with E-state index in [2.05, 4.69) is 6.92 Å². The molecule has 0 heterocycles. The van der Waals surface area contributed by atoms with Gasteiger partial charge in [-0.2, -0.15) is 0 Å². The number of benzene rings is 1. The van der Waals surface area contributed by atoms with E-state index in [0.717, 1.165) is 36.1 Å². The van der Waals surface area contributed by atoms with Crippen LogP contribution in [0.4, 0.5) is 4.79 Å². The molecule has 0 bridgehead atoms. The van der Waals surface area contributed by atoms with Gasteiger partial charge in [0.1, 0.15) is 0 Å². The molecule has 0 radical (unpaired) electrons. The molecule has 1 aromatic rings. The fourth-order valence-electron chi connectivity index (χ4n) is 2.05. The molecule has 1 N–H and O–H groups in total. The van der Waals surface area contributed by atoms with Crippen LogP contribution in [-0.4, -0.2) is 28.6 Å². The highest BCUT2D eigenvalue weighted by molar-refractivity contribution is 5.91. The number of amides is 2. The van der Waals surface area contributed by atoms with Gasteiger partial charge in [-0.1, -0.05) is 56.5 Å². The van der Waals surface area contributed by atoms with Gasteiger partial charge in [0.05, 0.1) is 0 Å². The molecule has 0 spiro atoms. The third kappa shape index (κ3) is 5.87. The van der Waals surface area contributed by atoms with Gasteiger partial charge in [0.2, 0.25) is 5.91 Å². The summed E-state index contributed by atoms with van der Waals surface area (Å²) in [6.07, 6.45) is 3.67. The SMILES string of the molecule is CCCCCCC(=O)N(CCc1ccccc1)C(=O)O. The average molecular weight is 277 g/mol. The van der Waals surface area contributed by atoms with Crippen LogP contribution in [-0.2, 0) is 11.2 Å². The Morgan fingerprint density at radius 3 is 2.40 bits per heavy atom. The molecule has 20 heavy (non-hydrogen) atoms. The minimum atomic E-state index is -1.15. The highest BCUT2D eigenvalue weighted by Crippen LogP contribution is 2.07. The zero-order chi connectivity index (χ0) is 14.8. The van der Waals surface area contributed by atoms with E-state index in [-0.39, 0.29) is 12.5 Å². The van der Waals surface area contributed by atoms with Crippen molar-refractivity contribution < 1.29 is 14.7 Å². The first kappa shape index (κ1) is 16.2. The fraction of sp³-hybridized carbons (Fsp3) is 0.500. The second-order valence-corrected chi connectivity index (χ2v) is 4.87. The molecule has 0 saturated carbocycles. The molecule has 0 unspecified atom stereocenters. The molecule has 0 aliphatic rings. The smallest absolute Gasteiger partial charge is 0.414 e. The van der Waals surface area contributed by atoms with Crippen LogP contribution >= 0.6 is 0 Å². The minimum absolute atomic E-state index is 0.228. The first-order valence-corrected chi connectivity index (χ1v) is 7.22. The number of rotatable bonds is 8. The van der Waals surface area contributed by atoms with E-state index in [9.17, 15) is 9.59 Å². The molecule has 0 fully saturated rings. The van der Waals surface area contributed by atoms with Crippen LogP contribution in [0.3, 0.4) is 0 Å². The first-order chi connectivity index (χ1) is 9.65. The van der Waals surface area contributed by atoms with Crippen molar-refractivity contribution in [3.63, 3.8) is 0 Å². The highest BCUT2D eigenvalue weighted by Gasteiger charge is 2.19. The molecule has 1 aromatic carbocycles. The Balaban J connectivity index is 2.43. The lowest BCUT2D eigenvalue weighted by Gasteiger charge is -2.17. The zero-order valence-corrected chi connectivity index (χ0v) is 12.0. The highest BCUT2D eigenvalue weighted by atomic mass is 16.4.